The zero-order valence-corrected chi connectivity index (χ0v) is 13.8. The molecule has 2 heterocycles. The molecule has 0 aliphatic carbocycles. The molecule has 0 saturated heterocycles. The zero-order chi connectivity index (χ0) is 16.4. The Labute approximate surface area is 145 Å². The van der Waals surface area contributed by atoms with E-state index in [1.54, 1.807) is 0 Å². The fourth-order valence-electron chi connectivity index (χ4n) is 2.69. The smallest absolute Gasteiger partial charge is 0.226 e. The summed E-state index contributed by atoms with van der Waals surface area (Å²) < 4.78 is 11.7. The average Bonchev–Trinajstić information content (AvgIpc) is 3.06. The van der Waals surface area contributed by atoms with Gasteiger partial charge in [-0.25, -0.2) is 4.98 Å². The number of benzene rings is 2. The van der Waals surface area contributed by atoms with E-state index in [1.165, 1.54) is 0 Å². The van der Waals surface area contributed by atoms with Gasteiger partial charge in [-0.2, -0.15) is 0 Å². The first-order valence-electron chi connectivity index (χ1n) is 7.95. The minimum absolute atomic E-state index is 0.509. The maximum absolute atomic E-state index is 5.88. The molecule has 0 amide bonds. The number of halogens is 1. The molecule has 4 rings (SSSR count). The first-order valence-corrected chi connectivity index (χ1v) is 8.33. The van der Waals surface area contributed by atoms with Crippen LogP contribution in [0.1, 0.15) is 17.0 Å². The van der Waals surface area contributed by atoms with Crippen molar-refractivity contribution in [1.29, 1.82) is 0 Å². The van der Waals surface area contributed by atoms with Crippen molar-refractivity contribution >= 4 is 11.6 Å². The quantitative estimate of drug-likeness (QED) is 0.772. The highest BCUT2D eigenvalue weighted by atomic mass is 35.5. The van der Waals surface area contributed by atoms with Crippen LogP contribution >= 0.6 is 11.6 Å². The summed E-state index contributed by atoms with van der Waals surface area (Å²) in [6.45, 7) is 2.23. The van der Waals surface area contributed by atoms with Gasteiger partial charge in [0.25, 0.3) is 0 Å². The lowest BCUT2D eigenvalue weighted by molar-refractivity contribution is 0.306. The van der Waals surface area contributed by atoms with Gasteiger partial charge in [0.05, 0.1) is 5.69 Å². The maximum Gasteiger partial charge on any atom is 0.226 e. The van der Waals surface area contributed by atoms with Gasteiger partial charge in [-0.05, 0) is 42.0 Å². The molecule has 0 bridgehead atoms. The molecule has 122 valence electrons. The molecule has 0 saturated carbocycles. The van der Waals surface area contributed by atoms with Gasteiger partial charge in [-0.3, -0.25) is 0 Å². The second kappa shape index (κ2) is 6.67. The molecule has 24 heavy (non-hydrogen) atoms. The highest BCUT2D eigenvalue weighted by Gasteiger charge is 2.17. The molecule has 1 N–H and O–H groups in total. The van der Waals surface area contributed by atoms with E-state index in [0.29, 0.717) is 12.5 Å². The Morgan fingerprint density at radius 3 is 2.62 bits per heavy atom. The van der Waals surface area contributed by atoms with Crippen molar-refractivity contribution in [3.8, 4) is 17.2 Å². The van der Waals surface area contributed by atoms with Gasteiger partial charge < -0.3 is 14.5 Å². The van der Waals surface area contributed by atoms with Crippen molar-refractivity contribution in [1.82, 2.24) is 10.3 Å². The van der Waals surface area contributed by atoms with Crippen LogP contribution in [0.3, 0.4) is 0 Å². The Balaban J connectivity index is 1.44. The van der Waals surface area contributed by atoms with Crippen LogP contribution in [-0.4, -0.2) is 11.5 Å². The fourth-order valence-corrected chi connectivity index (χ4v) is 2.82. The number of nitrogens with one attached hydrogen (secondary N) is 1. The van der Waals surface area contributed by atoms with Crippen molar-refractivity contribution in [2.75, 3.05) is 6.54 Å². The van der Waals surface area contributed by atoms with E-state index in [-0.39, 0.29) is 0 Å². The number of hydrogen-bond acceptors (Lipinski definition) is 4. The normalized spacial score (nSPS) is 13.5. The van der Waals surface area contributed by atoms with Crippen molar-refractivity contribution < 1.29 is 9.15 Å². The highest BCUT2D eigenvalue weighted by molar-refractivity contribution is 6.30. The molecule has 0 unspecified atom stereocenters. The van der Waals surface area contributed by atoms with Gasteiger partial charge in [0, 0.05) is 30.1 Å². The van der Waals surface area contributed by atoms with Crippen LogP contribution in [0.2, 0.25) is 5.02 Å². The standard InChI is InChI=1S/C19H17ClN2O2/c20-15-5-1-13(2-6-15)12-23-16-7-3-14(4-8-16)19-22-17-11-21-10-9-18(17)24-19/h1-8,21H,9-12H2. The summed E-state index contributed by atoms with van der Waals surface area (Å²) in [5, 5.41) is 4.03. The van der Waals surface area contributed by atoms with Gasteiger partial charge in [0.1, 0.15) is 18.1 Å². The Hall–Kier alpha value is -2.30. The molecule has 0 fully saturated rings. The molecule has 3 aromatic rings. The minimum Gasteiger partial charge on any atom is -0.489 e. The molecule has 1 aliphatic heterocycles. The van der Waals surface area contributed by atoms with E-state index >= 15 is 0 Å². The van der Waals surface area contributed by atoms with Crippen LogP contribution in [0.25, 0.3) is 11.5 Å². The van der Waals surface area contributed by atoms with E-state index in [1.807, 2.05) is 48.5 Å². The number of ether oxygens (including phenoxy) is 1. The summed E-state index contributed by atoms with van der Waals surface area (Å²) in [5.41, 5.74) is 3.05. The first-order chi connectivity index (χ1) is 11.8. The van der Waals surface area contributed by atoms with Gasteiger partial charge in [0.15, 0.2) is 0 Å². The van der Waals surface area contributed by atoms with E-state index in [2.05, 4.69) is 10.3 Å². The van der Waals surface area contributed by atoms with Crippen molar-refractivity contribution in [3.63, 3.8) is 0 Å². The molecular formula is C19H17ClN2O2. The third kappa shape index (κ3) is 3.30. The number of oxazole rings is 1. The Morgan fingerprint density at radius 1 is 1.08 bits per heavy atom. The fraction of sp³-hybridized carbons (Fsp3) is 0.211. The SMILES string of the molecule is Clc1ccc(COc2ccc(-c3nc4c(o3)CCNC4)cc2)cc1. The van der Waals surface area contributed by atoms with Crippen LogP contribution in [0.15, 0.2) is 52.9 Å². The molecule has 1 aromatic heterocycles. The van der Waals surface area contributed by atoms with E-state index in [9.17, 15) is 0 Å². The molecule has 4 nitrogen and oxygen atoms in total. The second-order valence-corrected chi connectivity index (χ2v) is 6.19. The Bertz CT molecular complexity index is 802. The molecule has 0 radical (unpaired) electrons. The average molecular weight is 341 g/mol. The Morgan fingerprint density at radius 2 is 1.88 bits per heavy atom. The predicted octanol–water partition coefficient (Wildman–Crippen LogP) is 4.22. The number of fused-ring (bicyclic) bond motifs is 1. The highest BCUT2D eigenvalue weighted by Crippen LogP contribution is 2.26. The van der Waals surface area contributed by atoms with Crippen LogP contribution in [0.5, 0.6) is 5.75 Å². The number of rotatable bonds is 4. The molecule has 2 aromatic carbocycles. The summed E-state index contributed by atoms with van der Waals surface area (Å²) in [5.74, 6) is 2.48. The lowest BCUT2D eigenvalue weighted by Gasteiger charge is -2.08. The maximum atomic E-state index is 5.88. The van der Waals surface area contributed by atoms with Crippen LogP contribution in [-0.2, 0) is 19.6 Å². The molecule has 5 heteroatoms. The molecular weight excluding hydrogens is 324 g/mol. The second-order valence-electron chi connectivity index (χ2n) is 5.76. The monoisotopic (exact) mass is 340 g/mol. The third-order valence-electron chi connectivity index (χ3n) is 4.02. The van der Waals surface area contributed by atoms with Crippen LogP contribution < -0.4 is 10.1 Å². The van der Waals surface area contributed by atoms with Crippen LogP contribution in [0, 0.1) is 0 Å². The Kier molecular flexibility index (Phi) is 4.24. The summed E-state index contributed by atoms with van der Waals surface area (Å²) in [7, 11) is 0. The summed E-state index contributed by atoms with van der Waals surface area (Å²) in [6, 6.07) is 15.5. The predicted molar refractivity (Wildman–Crippen MR) is 93.1 cm³/mol. The van der Waals surface area contributed by atoms with Crippen molar-refractivity contribution in [3.05, 3.63) is 70.6 Å². The van der Waals surface area contributed by atoms with Gasteiger partial charge in [0.2, 0.25) is 5.89 Å². The summed E-state index contributed by atoms with van der Waals surface area (Å²) in [6.07, 6.45) is 0.893. The minimum atomic E-state index is 0.509. The number of hydrogen-bond donors (Lipinski definition) is 1. The van der Waals surface area contributed by atoms with Crippen LogP contribution in [0.4, 0.5) is 0 Å². The van der Waals surface area contributed by atoms with Gasteiger partial charge >= 0.3 is 0 Å². The topological polar surface area (TPSA) is 47.3 Å². The lowest BCUT2D eigenvalue weighted by Crippen LogP contribution is -2.22. The summed E-state index contributed by atoms with van der Waals surface area (Å²) >= 11 is 5.88. The van der Waals surface area contributed by atoms with Crippen molar-refractivity contribution in [2.45, 2.75) is 19.6 Å². The van der Waals surface area contributed by atoms with E-state index in [0.717, 1.165) is 52.9 Å². The largest absolute Gasteiger partial charge is 0.489 e. The summed E-state index contributed by atoms with van der Waals surface area (Å²) in [4.78, 5) is 4.57. The number of nitrogens with zero attached hydrogens (tertiary/aromatic N) is 1. The lowest BCUT2D eigenvalue weighted by atomic mass is 10.2. The molecule has 1 aliphatic rings. The van der Waals surface area contributed by atoms with E-state index < -0.39 is 0 Å². The number of aromatic nitrogens is 1. The molecule has 0 atom stereocenters. The van der Waals surface area contributed by atoms with Gasteiger partial charge in [-0.15, -0.1) is 0 Å². The van der Waals surface area contributed by atoms with Crippen molar-refractivity contribution in [2.24, 2.45) is 0 Å². The zero-order valence-electron chi connectivity index (χ0n) is 13.1. The third-order valence-corrected chi connectivity index (χ3v) is 4.27. The van der Waals surface area contributed by atoms with E-state index in [4.69, 9.17) is 20.8 Å². The molecule has 0 spiro atoms. The first kappa shape index (κ1) is 15.2. The van der Waals surface area contributed by atoms with Gasteiger partial charge in [-0.1, -0.05) is 23.7 Å².